The number of rotatable bonds is 4. The third-order valence-corrected chi connectivity index (χ3v) is 4.35. The van der Waals surface area contributed by atoms with Gasteiger partial charge >= 0.3 is 0 Å². The molecule has 1 aromatic rings. The Morgan fingerprint density at radius 3 is 2.89 bits per heavy atom. The Hall–Kier alpha value is -0.790. The van der Waals surface area contributed by atoms with Crippen LogP contribution in [0.2, 0.25) is 5.02 Å². The molecular weight excluding hydrogens is 254 g/mol. The zero-order chi connectivity index (χ0) is 13.1. The molecule has 3 rings (SSSR count). The highest BCUT2D eigenvalue weighted by atomic mass is 35.5. The van der Waals surface area contributed by atoms with Gasteiger partial charge in [-0.3, -0.25) is 0 Å². The second kappa shape index (κ2) is 6.11. The molecule has 1 aromatic carbocycles. The van der Waals surface area contributed by atoms with E-state index in [2.05, 4.69) is 23.5 Å². The number of hydrogen-bond acceptors (Lipinski definition) is 1. The van der Waals surface area contributed by atoms with Crippen molar-refractivity contribution >= 4 is 17.2 Å². The van der Waals surface area contributed by atoms with Gasteiger partial charge in [0, 0.05) is 17.6 Å². The summed E-state index contributed by atoms with van der Waals surface area (Å²) in [5, 5.41) is 4.46. The predicted molar refractivity (Wildman–Crippen MR) is 82.4 cm³/mol. The Morgan fingerprint density at radius 1 is 1.16 bits per heavy atom. The molecule has 1 fully saturated rings. The molecule has 19 heavy (non-hydrogen) atoms. The molecule has 1 saturated carbocycles. The van der Waals surface area contributed by atoms with Crippen molar-refractivity contribution in [2.75, 3.05) is 0 Å². The number of hydrogen-bond donors (Lipinski definition) is 1. The fraction of sp³-hybridized carbons (Fsp3) is 0.529. The van der Waals surface area contributed by atoms with E-state index in [0.29, 0.717) is 0 Å². The Balaban J connectivity index is 1.82. The van der Waals surface area contributed by atoms with Gasteiger partial charge in [-0.1, -0.05) is 30.2 Å². The third kappa shape index (κ3) is 3.61. The highest BCUT2D eigenvalue weighted by Crippen LogP contribution is 2.30. The van der Waals surface area contributed by atoms with E-state index in [-0.39, 0.29) is 0 Å². The summed E-state index contributed by atoms with van der Waals surface area (Å²) >= 11 is 6.17. The van der Waals surface area contributed by atoms with Crippen LogP contribution in [0, 0.1) is 0 Å². The van der Waals surface area contributed by atoms with Crippen molar-refractivity contribution in [3.63, 3.8) is 0 Å². The van der Waals surface area contributed by atoms with Gasteiger partial charge in [-0.05, 0) is 67.4 Å². The monoisotopic (exact) mass is 275 g/mol. The quantitative estimate of drug-likeness (QED) is 0.821. The van der Waals surface area contributed by atoms with Crippen molar-refractivity contribution in [1.29, 1.82) is 0 Å². The summed E-state index contributed by atoms with van der Waals surface area (Å²) in [7, 11) is 0. The normalized spacial score (nSPS) is 19.9. The first-order chi connectivity index (χ1) is 9.33. The summed E-state index contributed by atoms with van der Waals surface area (Å²) in [5.41, 5.74) is 4.31. The van der Waals surface area contributed by atoms with Crippen molar-refractivity contribution in [3.8, 4) is 0 Å². The molecule has 0 amide bonds. The van der Waals surface area contributed by atoms with Gasteiger partial charge in [-0.15, -0.1) is 0 Å². The summed E-state index contributed by atoms with van der Waals surface area (Å²) in [4.78, 5) is 0. The molecule has 1 nitrogen and oxygen atoms in total. The van der Waals surface area contributed by atoms with Crippen LogP contribution in [0.4, 0.5) is 0 Å². The molecule has 0 heterocycles. The lowest BCUT2D eigenvalue weighted by molar-refractivity contribution is 0.686. The second-order valence-corrected chi connectivity index (χ2v) is 6.22. The van der Waals surface area contributed by atoms with E-state index in [1.807, 2.05) is 6.07 Å². The van der Waals surface area contributed by atoms with E-state index < -0.39 is 0 Å². The first kappa shape index (κ1) is 13.2. The summed E-state index contributed by atoms with van der Waals surface area (Å²) in [6.45, 7) is 0.956. The van der Waals surface area contributed by atoms with Gasteiger partial charge in [-0.25, -0.2) is 0 Å². The lowest BCUT2D eigenvalue weighted by atomic mass is 9.96. The molecule has 2 aliphatic rings. The molecule has 0 aliphatic heterocycles. The maximum Gasteiger partial charge on any atom is 0.0409 e. The summed E-state index contributed by atoms with van der Waals surface area (Å²) in [5.74, 6) is 0. The zero-order valence-electron chi connectivity index (χ0n) is 11.4. The summed E-state index contributed by atoms with van der Waals surface area (Å²) < 4.78 is 0. The van der Waals surface area contributed by atoms with E-state index in [1.165, 1.54) is 61.6 Å². The largest absolute Gasteiger partial charge is 0.310 e. The first-order valence-corrected chi connectivity index (χ1v) is 7.92. The first-order valence-electron chi connectivity index (χ1n) is 7.54. The van der Waals surface area contributed by atoms with Crippen molar-refractivity contribution in [3.05, 3.63) is 40.4 Å². The van der Waals surface area contributed by atoms with Crippen LogP contribution < -0.4 is 5.32 Å². The summed E-state index contributed by atoms with van der Waals surface area (Å²) in [6.07, 6.45) is 11.6. The maximum absolute atomic E-state index is 6.17. The fourth-order valence-electron chi connectivity index (χ4n) is 2.82. The van der Waals surface area contributed by atoms with Gasteiger partial charge in [0.05, 0.1) is 0 Å². The van der Waals surface area contributed by atoms with Crippen molar-refractivity contribution in [1.82, 2.24) is 5.32 Å². The van der Waals surface area contributed by atoms with Gasteiger partial charge in [0.1, 0.15) is 0 Å². The van der Waals surface area contributed by atoms with Crippen molar-refractivity contribution < 1.29 is 0 Å². The molecular formula is C17H22ClN. The van der Waals surface area contributed by atoms with Crippen molar-refractivity contribution in [2.24, 2.45) is 0 Å². The smallest absolute Gasteiger partial charge is 0.0409 e. The lowest BCUT2D eigenvalue weighted by Crippen LogP contribution is -2.16. The van der Waals surface area contributed by atoms with Crippen LogP contribution in [0.3, 0.4) is 0 Å². The number of halogens is 1. The maximum atomic E-state index is 6.17. The average Bonchev–Trinajstić information content (AvgIpc) is 3.24. The molecule has 0 unspecified atom stereocenters. The van der Waals surface area contributed by atoms with Gasteiger partial charge in [-0.2, -0.15) is 0 Å². The highest BCUT2D eigenvalue weighted by Gasteiger charge is 2.21. The molecule has 1 N–H and O–H groups in total. The van der Waals surface area contributed by atoms with Crippen LogP contribution in [0.1, 0.15) is 56.1 Å². The predicted octanol–water partition coefficient (Wildman–Crippen LogP) is 4.94. The molecule has 2 aliphatic carbocycles. The molecule has 0 saturated heterocycles. The average molecular weight is 276 g/mol. The van der Waals surface area contributed by atoms with Gasteiger partial charge in [0.15, 0.2) is 0 Å². The van der Waals surface area contributed by atoms with Gasteiger partial charge < -0.3 is 5.32 Å². The van der Waals surface area contributed by atoms with E-state index >= 15 is 0 Å². The number of nitrogens with one attached hydrogen (secondary N) is 1. The van der Waals surface area contributed by atoms with Crippen LogP contribution in [0.15, 0.2) is 24.3 Å². The molecule has 0 radical (unpaired) electrons. The second-order valence-electron chi connectivity index (χ2n) is 5.79. The number of allylic oxidation sites excluding steroid dienone is 2. The molecule has 0 atom stereocenters. The fourth-order valence-corrected chi connectivity index (χ4v) is 3.02. The van der Waals surface area contributed by atoms with Crippen LogP contribution in [0.5, 0.6) is 0 Å². The van der Waals surface area contributed by atoms with E-state index in [0.717, 1.165) is 17.6 Å². The standard InChI is InChI=1S/C17H22ClN/c18-15-7-10-17(13-5-3-1-2-4-6-13)14(11-15)12-19-16-8-9-16/h5,7,10-11,16,19H,1-4,6,8-9,12H2. The van der Waals surface area contributed by atoms with Crippen LogP contribution in [0.25, 0.3) is 5.57 Å². The van der Waals surface area contributed by atoms with Crippen LogP contribution in [-0.4, -0.2) is 6.04 Å². The lowest BCUT2D eigenvalue weighted by Gasteiger charge is -2.13. The summed E-state index contributed by atoms with van der Waals surface area (Å²) in [6, 6.07) is 7.12. The highest BCUT2D eigenvalue weighted by molar-refractivity contribution is 6.30. The van der Waals surface area contributed by atoms with E-state index in [1.54, 1.807) is 0 Å². The third-order valence-electron chi connectivity index (χ3n) is 4.11. The molecule has 0 bridgehead atoms. The van der Waals surface area contributed by atoms with Gasteiger partial charge in [0.25, 0.3) is 0 Å². The van der Waals surface area contributed by atoms with Gasteiger partial charge in [0.2, 0.25) is 0 Å². The van der Waals surface area contributed by atoms with E-state index in [9.17, 15) is 0 Å². The molecule has 102 valence electrons. The molecule has 0 spiro atoms. The minimum Gasteiger partial charge on any atom is -0.310 e. The Labute approximate surface area is 121 Å². The SMILES string of the molecule is Clc1ccc(C2=CCCCCC2)c(CNC2CC2)c1. The van der Waals surface area contributed by atoms with Crippen LogP contribution in [-0.2, 0) is 6.54 Å². The van der Waals surface area contributed by atoms with Crippen molar-refractivity contribution in [2.45, 2.75) is 57.5 Å². The minimum atomic E-state index is 0.745. The Bertz CT molecular complexity index is 474. The van der Waals surface area contributed by atoms with E-state index in [4.69, 9.17) is 11.6 Å². The minimum absolute atomic E-state index is 0.745. The zero-order valence-corrected chi connectivity index (χ0v) is 12.2. The Kier molecular flexibility index (Phi) is 4.24. The molecule has 2 heteroatoms. The van der Waals surface area contributed by atoms with Crippen LogP contribution >= 0.6 is 11.6 Å². The Morgan fingerprint density at radius 2 is 2.05 bits per heavy atom. The number of benzene rings is 1. The topological polar surface area (TPSA) is 12.0 Å². The molecule has 0 aromatic heterocycles.